The molecule has 0 radical (unpaired) electrons. The molecule has 3 heterocycles. The van der Waals surface area contributed by atoms with Crippen LogP contribution >= 0.6 is 0 Å². The summed E-state index contributed by atoms with van der Waals surface area (Å²) in [6, 6.07) is 0.383. The van der Waals surface area contributed by atoms with Crippen molar-refractivity contribution >= 4 is 11.0 Å². The third-order valence-corrected chi connectivity index (χ3v) is 4.21. The predicted octanol–water partition coefficient (Wildman–Crippen LogP) is 4.04. The Hall–Kier alpha value is -2.37. The first kappa shape index (κ1) is 16.5. The molecule has 0 spiro atoms. The first-order valence-electron chi connectivity index (χ1n) is 8.64. The van der Waals surface area contributed by atoms with Crippen LogP contribution in [-0.4, -0.2) is 29.7 Å². The Morgan fingerprint density at radius 1 is 0.917 bits per heavy atom. The van der Waals surface area contributed by atoms with E-state index >= 15 is 0 Å². The molecule has 6 nitrogen and oxygen atoms in total. The normalized spacial score (nSPS) is 11.5. The number of hydrogen-bond acceptors (Lipinski definition) is 5. The summed E-state index contributed by atoms with van der Waals surface area (Å²) < 4.78 is 2.08. The summed E-state index contributed by atoms with van der Waals surface area (Å²) in [7, 11) is 0. The molecule has 24 heavy (non-hydrogen) atoms. The Kier molecular flexibility index (Phi) is 4.83. The second-order valence-corrected chi connectivity index (χ2v) is 6.20. The first-order valence-corrected chi connectivity index (χ1v) is 8.64. The summed E-state index contributed by atoms with van der Waals surface area (Å²) in [5, 5.41) is 5.61. The minimum atomic E-state index is 0.383. The monoisotopic (exact) mass is 324 g/mol. The van der Waals surface area contributed by atoms with Gasteiger partial charge in [-0.05, 0) is 26.7 Å². The number of fused-ring (bicyclic) bond motifs is 1. The summed E-state index contributed by atoms with van der Waals surface area (Å²) in [6.45, 7) is 8.22. The van der Waals surface area contributed by atoms with Gasteiger partial charge in [0, 0.05) is 18.0 Å². The van der Waals surface area contributed by atoms with E-state index < -0.39 is 0 Å². The number of hydrogen-bond donors (Lipinski definition) is 0. The molecule has 0 aromatic carbocycles. The fraction of sp³-hybridized carbons (Fsp3) is 0.500. The number of aromatic nitrogens is 6. The highest BCUT2D eigenvalue weighted by atomic mass is 15.3. The standard InChI is InChI=1S/C18H24N6/c1-5-7-15(8-6-2)24-18-16(11-21-24)17(22-13(4)23-18)14-9-19-12(3)20-10-14/h9-11,15H,5-8H2,1-4H3. The third kappa shape index (κ3) is 3.13. The molecular formula is C18H24N6. The van der Waals surface area contributed by atoms with Crippen LogP contribution in [0.4, 0.5) is 0 Å². The summed E-state index contributed by atoms with van der Waals surface area (Å²) in [4.78, 5) is 17.9. The van der Waals surface area contributed by atoms with E-state index in [1.165, 1.54) is 0 Å². The van der Waals surface area contributed by atoms with Crippen molar-refractivity contribution in [3.8, 4) is 11.3 Å². The Bertz CT molecular complexity index is 815. The Morgan fingerprint density at radius 3 is 2.21 bits per heavy atom. The lowest BCUT2D eigenvalue weighted by Gasteiger charge is -2.16. The van der Waals surface area contributed by atoms with Crippen LogP contribution in [-0.2, 0) is 0 Å². The maximum Gasteiger partial charge on any atom is 0.162 e. The molecule has 0 atom stereocenters. The molecule has 0 saturated carbocycles. The van der Waals surface area contributed by atoms with Crippen LogP contribution in [0.2, 0.25) is 0 Å². The van der Waals surface area contributed by atoms with Gasteiger partial charge >= 0.3 is 0 Å². The fourth-order valence-electron chi connectivity index (χ4n) is 3.09. The quantitative estimate of drug-likeness (QED) is 0.684. The van der Waals surface area contributed by atoms with Gasteiger partial charge in [0.2, 0.25) is 0 Å². The molecule has 0 saturated heterocycles. The van der Waals surface area contributed by atoms with Gasteiger partial charge in [0.25, 0.3) is 0 Å². The molecule has 0 bridgehead atoms. The molecule has 6 heteroatoms. The highest BCUT2D eigenvalue weighted by Gasteiger charge is 2.18. The van der Waals surface area contributed by atoms with E-state index in [0.29, 0.717) is 6.04 Å². The van der Waals surface area contributed by atoms with Crippen LogP contribution in [0.15, 0.2) is 18.6 Å². The SMILES string of the molecule is CCCC(CCC)n1ncc2c(-c3cnc(C)nc3)nc(C)nc21. The fourth-order valence-corrected chi connectivity index (χ4v) is 3.09. The van der Waals surface area contributed by atoms with Gasteiger partial charge < -0.3 is 0 Å². The van der Waals surface area contributed by atoms with Crippen LogP contribution < -0.4 is 0 Å². The van der Waals surface area contributed by atoms with E-state index in [9.17, 15) is 0 Å². The summed E-state index contributed by atoms with van der Waals surface area (Å²) >= 11 is 0. The van der Waals surface area contributed by atoms with E-state index in [-0.39, 0.29) is 0 Å². The second kappa shape index (κ2) is 7.03. The average molecular weight is 324 g/mol. The lowest BCUT2D eigenvalue weighted by Crippen LogP contribution is -2.11. The van der Waals surface area contributed by atoms with Crippen LogP contribution in [0.25, 0.3) is 22.3 Å². The van der Waals surface area contributed by atoms with Crippen molar-refractivity contribution < 1.29 is 0 Å². The zero-order valence-corrected chi connectivity index (χ0v) is 14.8. The van der Waals surface area contributed by atoms with Crippen LogP contribution in [0.1, 0.15) is 57.2 Å². The van der Waals surface area contributed by atoms with Crippen LogP contribution in [0, 0.1) is 13.8 Å². The maximum absolute atomic E-state index is 4.67. The van der Waals surface area contributed by atoms with Gasteiger partial charge in [-0.3, -0.25) is 0 Å². The molecule has 126 valence electrons. The molecule has 0 amide bonds. The molecule has 0 unspecified atom stereocenters. The van der Waals surface area contributed by atoms with Gasteiger partial charge in [-0.2, -0.15) is 5.10 Å². The first-order chi connectivity index (χ1) is 11.6. The van der Waals surface area contributed by atoms with Crippen molar-refractivity contribution in [3.63, 3.8) is 0 Å². The Morgan fingerprint density at radius 2 is 1.58 bits per heavy atom. The van der Waals surface area contributed by atoms with Crippen molar-refractivity contribution in [3.05, 3.63) is 30.2 Å². The highest BCUT2D eigenvalue weighted by Crippen LogP contribution is 2.29. The van der Waals surface area contributed by atoms with E-state index in [1.54, 1.807) is 0 Å². The average Bonchev–Trinajstić information content (AvgIpc) is 2.98. The largest absolute Gasteiger partial charge is 0.244 e. The van der Waals surface area contributed by atoms with Gasteiger partial charge in [0.05, 0.1) is 23.3 Å². The van der Waals surface area contributed by atoms with E-state index in [1.807, 2.05) is 32.4 Å². The van der Waals surface area contributed by atoms with Crippen LogP contribution in [0.3, 0.4) is 0 Å². The topological polar surface area (TPSA) is 69.4 Å². The van der Waals surface area contributed by atoms with Crippen molar-refractivity contribution in [1.29, 1.82) is 0 Å². The third-order valence-electron chi connectivity index (χ3n) is 4.21. The van der Waals surface area contributed by atoms with Gasteiger partial charge in [0.1, 0.15) is 11.6 Å². The second-order valence-electron chi connectivity index (χ2n) is 6.20. The molecule has 0 aliphatic carbocycles. The zero-order valence-electron chi connectivity index (χ0n) is 14.8. The lowest BCUT2D eigenvalue weighted by molar-refractivity contribution is 0.400. The molecule has 3 aromatic heterocycles. The number of nitrogens with zero attached hydrogens (tertiary/aromatic N) is 6. The predicted molar refractivity (Wildman–Crippen MR) is 94.7 cm³/mol. The van der Waals surface area contributed by atoms with E-state index in [2.05, 4.69) is 43.6 Å². The van der Waals surface area contributed by atoms with Crippen molar-refractivity contribution in [1.82, 2.24) is 29.7 Å². The molecule has 0 fully saturated rings. The minimum Gasteiger partial charge on any atom is -0.244 e. The van der Waals surface area contributed by atoms with Crippen molar-refractivity contribution in [2.24, 2.45) is 0 Å². The maximum atomic E-state index is 4.67. The number of aryl methyl sites for hydroxylation is 2. The van der Waals surface area contributed by atoms with E-state index in [4.69, 9.17) is 0 Å². The minimum absolute atomic E-state index is 0.383. The molecule has 3 aromatic rings. The van der Waals surface area contributed by atoms with Crippen molar-refractivity contribution in [2.75, 3.05) is 0 Å². The Balaban J connectivity index is 2.14. The highest BCUT2D eigenvalue weighted by molar-refractivity contribution is 5.89. The van der Waals surface area contributed by atoms with Gasteiger partial charge in [-0.1, -0.05) is 26.7 Å². The number of rotatable bonds is 6. The van der Waals surface area contributed by atoms with Crippen molar-refractivity contribution in [2.45, 2.75) is 59.4 Å². The van der Waals surface area contributed by atoms with Gasteiger partial charge in [-0.15, -0.1) is 0 Å². The molecule has 0 aliphatic rings. The summed E-state index contributed by atoms with van der Waals surface area (Å²) in [6.07, 6.45) is 9.99. The summed E-state index contributed by atoms with van der Waals surface area (Å²) in [5.74, 6) is 1.49. The van der Waals surface area contributed by atoms with E-state index in [0.717, 1.165) is 59.6 Å². The molecule has 3 rings (SSSR count). The molecular weight excluding hydrogens is 300 g/mol. The lowest BCUT2D eigenvalue weighted by atomic mass is 10.1. The molecule has 0 aliphatic heterocycles. The zero-order chi connectivity index (χ0) is 17.1. The Labute approximate surface area is 142 Å². The van der Waals surface area contributed by atoms with Gasteiger partial charge in [-0.25, -0.2) is 24.6 Å². The smallest absolute Gasteiger partial charge is 0.162 e. The summed E-state index contributed by atoms with van der Waals surface area (Å²) in [5.41, 5.74) is 2.67. The van der Waals surface area contributed by atoms with Gasteiger partial charge in [0.15, 0.2) is 5.65 Å². The molecule has 0 N–H and O–H groups in total. The van der Waals surface area contributed by atoms with Crippen LogP contribution in [0.5, 0.6) is 0 Å².